The van der Waals surface area contributed by atoms with E-state index in [9.17, 15) is 14.9 Å². The van der Waals surface area contributed by atoms with Gasteiger partial charge in [0, 0.05) is 23.8 Å². The molecule has 0 spiro atoms. The monoisotopic (exact) mass is 415 g/mol. The van der Waals surface area contributed by atoms with Crippen molar-refractivity contribution in [3.8, 4) is 0 Å². The molecule has 1 amide bonds. The highest BCUT2D eigenvalue weighted by atomic mass is 79.9. The second kappa shape index (κ2) is 6.64. The number of halogens is 2. The summed E-state index contributed by atoms with van der Waals surface area (Å²) in [5.74, 6) is -0.0383. The van der Waals surface area contributed by atoms with Crippen LogP contribution in [0.3, 0.4) is 0 Å². The Morgan fingerprint density at radius 1 is 1.33 bits per heavy atom. The van der Waals surface area contributed by atoms with Gasteiger partial charge in [-0.2, -0.15) is 5.10 Å². The molecular weight excluding hydrogens is 410 g/mol. The van der Waals surface area contributed by atoms with Crippen molar-refractivity contribution < 1.29 is 14.1 Å². The van der Waals surface area contributed by atoms with E-state index in [4.69, 9.17) is 4.42 Å². The fourth-order valence-corrected chi connectivity index (χ4v) is 1.99. The number of nitro benzene ring substituents is 1. The number of carbonyl (C=O) groups excluding carboxylic acids is 1. The first-order valence-corrected chi connectivity index (χ1v) is 7.08. The predicted molar refractivity (Wildman–Crippen MR) is 82.3 cm³/mol. The van der Waals surface area contributed by atoms with E-state index in [2.05, 4.69) is 42.4 Å². The van der Waals surface area contributed by atoms with E-state index in [1.54, 1.807) is 6.07 Å². The number of nitrogens with zero attached hydrogens (tertiary/aromatic N) is 2. The van der Waals surface area contributed by atoms with Crippen LogP contribution in [0.4, 0.5) is 5.69 Å². The number of non-ortho nitro benzene ring substituents is 1. The van der Waals surface area contributed by atoms with Crippen LogP contribution in [-0.4, -0.2) is 17.0 Å². The number of nitro groups is 1. The highest BCUT2D eigenvalue weighted by Crippen LogP contribution is 2.25. The lowest BCUT2D eigenvalue weighted by molar-refractivity contribution is -0.384. The minimum Gasteiger partial charge on any atom is -0.447 e. The Morgan fingerprint density at radius 3 is 2.52 bits per heavy atom. The molecule has 1 heterocycles. The van der Waals surface area contributed by atoms with E-state index >= 15 is 0 Å². The predicted octanol–water partition coefficient (Wildman–Crippen LogP) is 3.48. The quantitative estimate of drug-likeness (QED) is 0.468. The second-order valence-corrected chi connectivity index (χ2v) is 5.35. The zero-order valence-electron chi connectivity index (χ0n) is 10.2. The molecule has 0 atom stereocenters. The SMILES string of the molecule is O=C(N/N=C\c1cc(Br)c(Br)o1)c1ccc([N+](=O)[O-])cc1. The summed E-state index contributed by atoms with van der Waals surface area (Å²) >= 11 is 6.42. The molecule has 108 valence electrons. The molecule has 0 aliphatic carbocycles. The fraction of sp³-hybridized carbons (Fsp3) is 0. The molecule has 1 aromatic heterocycles. The van der Waals surface area contributed by atoms with Gasteiger partial charge >= 0.3 is 0 Å². The minimum absolute atomic E-state index is 0.0830. The van der Waals surface area contributed by atoms with Crippen molar-refractivity contribution in [1.82, 2.24) is 5.43 Å². The van der Waals surface area contributed by atoms with E-state index < -0.39 is 10.8 Å². The van der Waals surface area contributed by atoms with Crippen molar-refractivity contribution in [2.24, 2.45) is 5.10 Å². The Bertz CT molecular complexity index is 690. The van der Waals surface area contributed by atoms with Crippen LogP contribution >= 0.6 is 31.9 Å². The van der Waals surface area contributed by atoms with Gasteiger partial charge in [0.1, 0.15) is 5.76 Å². The molecule has 7 nitrogen and oxygen atoms in total. The fourth-order valence-electron chi connectivity index (χ4n) is 1.38. The molecule has 0 unspecified atom stereocenters. The van der Waals surface area contributed by atoms with Gasteiger partial charge in [-0.15, -0.1) is 0 Å². The summed E-state index contributed by atoms with van der Waals surface area (Å²) in [4.78, 5) is 21.7. The molecule has 0 radical (unpaired) electrons. The third-order valence-electron chi connectivity index (χ3n) is 2.36. The van der Waals surface area contributed by atoms with Crippen LogP contribution in [-0.2, 0) is 0 Å². The summed E-state index contributed by atoms with van der Waals surface area (Å²) in [6.07, 6.45) is 1.33. The van der Waals surface area contributed by atoms with Crippen molar-refractivity contribution in [2.45, 2.75) is 0 Å². The first-order chi connectivity index (χ1) is 9.97. The maximum Gasteiger partial charge on any atom is 0.271 e. The average Bonchev–Trinajstić information content (AvgIpc) is 2.77. The number of rotatable bonds is 4. The molecule has 1 aromatic carbocycles. The Morgan fingerprint density at radius 2 is 2.00 bits per heavy atom. The van der Waals surface area contributed by atoms with Gasteiger partial charge in [0.2, 0.25) is 0 Å². The number of furan rings is 1. The minimum atomic E-state index is -0.535. The highest BCUT2D eigenvalue weighted by Gasteiger charge is 2.09. The van der Waals surface area contributed by atoms with Crippen LogP contribution in [0.1, 0.15) is 16.1 Å². The zero-order valence-corrected chi connectivity index (χ0v) is 13.4. The largest absolute Gasteiger partial charge is 0.447 e. The first kappa shape index (κ1) is 15.4. The lowest BCUT2D eigenvalue weighted by Crippen LogP contribution is -2.17. The maximum atomic E-state index is 11.7. The van der Waals surface area contributed by atoms with Gasteiger partial charge in [0.25, 0.3) is 11.6 Å². The molecule has 21 heavy (non-hydrogen) atoms. The lowest BCUT2D eigenvalue weighted by Gasteiger charge is -1.98. The maximum absolute atomic E-state index is 11.7. The van der Waals surface area contributed by atoms with Gasteiger partial charge in [0.05, 0.1) is 15.6 Å². The molecule has 0 saturated heterocycles. The molecule has 0 aliphatic heterocycles. The van der Waals surface area contributed by atoms with Crippen molar-refractivity contribution in [3.05, 3.63) is 60.9 Å². The Balaban J connectivity index is 1.99. The summed E-state index contributed by atoms with van der Waals surface area (Å²) < 4.78 is 6.48. The van der Waals surface area contributed by atoms with Gasteiger partial charge in [-0.1, -0.05) is 0 Å². The van der Waals surface area contributed by atoms with E-state index in [0.29, 0.717) is 10.4 Å². The van der Waals surface area contributed by atoms with Crippen LogP contribution in [0, 0.1) is 10.1 Å². The van der Waals surface area contributed by atoms with Crippen molar-refractivity contribution in [1.29, 1.82) is 0 Å². The lowest BCUT2D eigenvalue weighted by atomic mass is 10.2. The van der Waals surface area contributed by atoms with Crippen LogP contribution in [0.5, 0.6) is 0 Å². The highest BCUT2D eigenvalue weighted by molar-refractivity contribution is 9.13. The molecule has 0 aliphatic rings. The molecule has 1 N–H and O–H groups in total. The van der Waals surface area contributed by atoms with Crippen LogP contribution in [0.2, 0.25) is 0 Å². The third kappa shape index (κ3) is 3.99. The average molecular weight is 417 g/mol. The van der Waals surface area contributed by atoms with E-state index in [1.165, 1.54) is 30.5 Å². The molecule has 0 saturated carbocycles. The van der Waals surface area contributed by atoms with Crippen molar-refractivity contribution in [3.63, 3.8) is 0 Å². The normalized spacial score (nSPS) is 10.8. The van der Waals surface area contributed by atoms with Gasteiger partial charge in [-0.3, -0.25) is 14.9 Å². The Kier molecular flexibility index (Phi) is 4.86. The summed E-state index contributed by atoms with van der Waals surface area (Å²) in [5, 5.41) is 14.2. The first-order valence-electron chi connectivity index (χ1n) is 5.50. The van der Waals surface area contributed by atoms with Crippen LogP contribution < -0.4 is 5.43 Å². The smallest absolute Gasteiger partial charge is 0.271 e. The Hall–Kier alpha value is -2.00. The second-order valence-electron chi connectivity index (χ2n) is 3.77. The molecule has 9 heteroatoms. The van der Waals surface area contributed by atoms with Crippen LogP contribution in [0.15, 0.2) is 49.0 Å². The molecule has 0 bridgehead atoms. The standard InChI is InChI=1S/C12H7Br2N3O4/c13-10-5-9(21-11(10)14)6-15-16-12(18)7-1-3-8(4-2-7)17(19)20/h1-6H,(H,16,18)/b15-6-. The number of hydrogen-bond donors (Lipinski definition) is 1. The number of amides is 1. The summed E-state index contributed by atoms with van der Waals surface area (Å²) in [6.45, 7) is 0. The number of nitrogens with one attached hydrogen (secondary N) is 1. The zero-order chi connectivity index (χ0) is 15.4. The van der Waals surface area contributed by atoms with Gasteiger partial charge in [0.15, 0.2) is 4.67 Å². The van der Waals surface area contributed by atoms with E-state index in [-0.39, 0.29) is 11.3 Å². The van der Waals surface area contributed by atoms with Crippen molar-refractivity contribution in [2.75, 3.05) is 0 Å². The van der Waals surface area contributed by atoms with E-state index in [1.807, 2.05) is 0 Å². The summed E-state index contributed by atoms with van der Waals surface area (Å²) in [5.41, 5.74) is 2.48. The van der Waals surface area contributed by atoms with Gasteiger partial charge in [-0.25, -0.2) is 5.43 Å². The number of benzene rings is 1. The third-order valence-corrected chi connectivity index (χ3v) is 4.07. The number of carbonyl (C=O) groups is 1. The molecule has 0 fully saturated rings. The van der Waals surface area contributed by atoms with Gasteiger partial charge < -0.3 is 4.42 Å². The van der Waals surface area contributed by atoms with Crippen LogP contribution in [0.25, 0.3) is 0 Å². The van der Waals surface area contributed by atoms with Crippen molar-refractivity contribution >= 4 is 49.7 Å². The summed E-state index contributed by atoms with van der Waals surface area (Å²) in [7, 11) is 0. The number of hydrogen-bond acceptors (Lipinski definition) is 5. The summed E-state index contributed by atoms with van der Waals surface area (Å²) in [6, 6.07) is 6.87. The van der Waals surface area contributed by atoms with E-state index in [0.717, 1.165) is 4.47 Å². The topological polar surface area (TPSA) is 97.7 Å². The molecule has 2 aromatic rings. The molecule has 2 rings (SSSR count). The molecular formula is C12H7Br2N3O4. The Labute approximate surface area is 135 Å². The number of hydrazone groups is 1. The van der Waals surface area contributed by atoms with Gasteiger partial charge in [-0.05, 0) is 44.0 Å².